The molecule has 1 heterocycles. The summed E-state index contributed by atoms with van der Waals surface area (Å²) in [6.07, 6.45) is 3.28. The van der Waals surface area contributed by atoms with Crippen LogP contribution in [0, 0.1) is 11.7 Å². The van der Waals surface area contributed by atoms with E-state index in [1.54, 1.807) is 0 Å². The Morgan fingerprint density at radius 2 is 2.29 bits per heavy atom. The first-order valence-corrected chi connectivity index (χ1v) is 8.68. The number of hydrogen-bond donors (Lipinski definition) is 2. The van der Waals surface area contributed by atoms with Crippen molar-refractivity contribution >= 4 is 15.9 Å². The van der Waals surface area contributed by atoms with Crippen LogP contribution in [-0.2, 0) is 23.1 Å². The fraction of sp³-hybridized carbons (Fsp3) is 0.571. The first-order chi connectivity index (χ1) is 9.94. The van der Waals surface area contributed by atoms with Gasteiger partial charge >= 0.3 is 10.2 Å². The molecule has 1 aliphatic heterocycles. The lowest BCUT2D eigenvalue weighted by Crippen LogP contribution is -2.30. The Morgan fingerprint density at radius 1 is 1.52 bits per heavy atom. The number of hydrogen-bond acceptors (Lipinski definition) is 3. The zero-order valence-electron chi connectivity index (χ0n) is 11.9. The second-order valence-electron chi connectivity index (χ2n) is 5.68. The fourth-order valence-electron chi connectivity index (χ4n) is 3.20. The van der Waals surface area contributed by atoms with E-state index in [1.165, 1.54) is 6.07 Å². The van der Waals surface area contributed by atoms with Gasteiger partial charge in [-0.2, -0.15) is 13.1 Å². The molecule has 1 fully saturated rings. The number of nitrogens with one attached hydrogen (secondary N) is 1. The van der Waals surface area contributed by atoms with Gasteiger partial charge in [0.1, 0.15) is 11.4 Å². The van der Waals surface area contributed by atoms with Crippen LogP contribution in [0.15, 0.2) is 6.07 Å². The Morgan fingerprint density at radius 3 is 2.90 bits per heavy atom. The van der Waals surface area contributed by atoms with Gasteiger partial charge in [-0.15, -0.1) is 0 Å². The maximum Gasteiger partial charge on any atom is 0.301 e. The molecule has 2 aliphatic rings. The third-order valence-corrected chi connectivity index (χ3v) is 5.96. The highest BCUT2D eigenvalue weighted by Crippen LogP contribution is 2.40. The Hall–Kier alpha value is -1.34. The summed E-state index contributed by atoms with van der Waals surface area (Å²) < 4.78 is 41.9. The van der Waals surface area contributed by atoms with E-state index in [0.29, 0.717) is 17.9 Å². The number of phenolic OH excluding ortho intramolecular Hbond substituents is 1. The first kappa shape index (κ1) is 14.6. The fourth-order valence-corrected chi connectivity index (χ4v) is 4.45. The molecule has 1 saturated heterocycles. The van der Waals surface area contributed by atoms with Crippen molar-refractivity contribution in [2.75, 3.05) is 17.4 Å². The summed E-state index contributed by atoms with van der Waals surface area (Å²) in [6.45, 7) is 2.42. The van der Waals surface area contributed by atoms with Crippen molar-refractivity contribution in [1.29, 1.82) is 0 Å². The van der Waals surface area contributed by atoms with Crippen LogP contribution < -0.4 is 9.03 Å². The third kappa shape index (κ3) is 2.38. The molecular formula is C14H19FN2O3S. The van der Waals surface area contributed by atoms with Crippen molar-refractivity contribution in [2.24, 2.45) is 5.92 Å². The number of rotatable bonds is 2. The number of aryl methyl sites for hydroxylation is 1. The summed E-state index contributed by atoms with van der Waals surface area (Å²) in [5, 5.41) is 10.1. The Balaban J connectivity index is 2.11. The van der Waals surface area contributed by atoms with Crippen molar-refractivity contribution < 1.29 is 17.9 Å². The molecule has 0 amide bonds. The molecule has 0 aromatic heterocycles. The maximum absolute atomic E-state index is 14.8. The van der Waals surface area contributed by atoms with Crippen molar-refractivity contribution in [3.63, 3.8) is 0 Å². The van der Waals surface area contributed by atoms with Crippen LogP contribution in [0.1, 0.15) is 30.9 Å². The lowest BCUT2D eigenvalue weighted by atomic mass is 9.82. The van der Waals surface area contributed by atoms with E-state index in [4.69, 9.17) is 0 Å². The van der Waals surface area contributed by atoms with E-state index in [-0.39, 0.29) is 24.5 Å². The van der Waals surface area contributed by atoms with Gasteiger partial charge in [0.25, 0.3) is 0 Å². The predicted molar refractivity (Wildman–Crippen MR) is 78.1 cm³/mol. The molecule has 0 bridgehead atoms. The van der Waals surface area contributed by atoms with Crippen LogP contribution in [0.25, 0.3) is 0 Å². The number of anilines is 1. The molecule has 0 spiro atoms. The normalized spacial score (nSPS) is 24.1. The largest absolute Gasteiger partial charge is 0.506 e. The van der Waals surface area contributed by atoms with Gasteiger partial charge in [-0.05, 0) is 42.4 Å². The topological polar surface area (TPSA) is 69.6 Å². The zero-order valence-corrected chi connectivity index (χ0v) is 12.7. The predicted octanol–water partition coefficient (Wildman–Crippen LogP) is 1.70. The number of phenols is 1. The molecule has 1 aromatic carbocycles. The summed E-state index contributed by atoms with van der Waals surface area (Å²) in [5.41, 5.74) is 1.14. The quantitative estimate of drug-likeness (QED) is 0.873. The monoisotopic (exact) mass is 314 g/mol. The number of nitrogens with zero attached hydrogens (tertiary/aromatic N) is 1. The highest BCUT2D eigenvalue weighted by Gasteiger charge is 2.34. The molecule has 0 saturated carbocycles. The number of halogens is 1. The van der Waals surface area contributed by atoms with Crippen LogP contribution in [0.4, 0.5) is 10.1 Å². The molecule has 3 rings (SSSR count). The summed E-state index contributed by atoms with van der Waals surface area (Å²) in [4.78, 5) is 0. The zero-order chi connectivity index (χ0) is 15.2. The minimum Gasteiger partial charge on any atom is -0.506 e. The standard InChI is InChI=1S/C14H19FN2O3S/c1-2-9-3-4-10-8-12(18)14(13(15)11(10)7-9)17-6-5-16-21(17,19)20/h8-9,16,18H,2-7H2,1H3. The van der Waals surface area contributed by atoms with Crippen LogP contribution in [0.3, 0.4) is 0 Å². The van der Waals surface area contributed by atoms with Crippen LogP contribution in [-0.4, -0.2) is 26.6 Å². The SMILES string of the molecule is CCC1CCc2cc(O)c(N3CCNS3(=O)=O)c(F)c2C1. The minimum atomic E-state index is -3.75. The molecule has 5 nitrogen and oxygen atoms in total. The van der Waals surface area contributed by atoms with Gasteiger partial charge in [0.2, 0.25) is 0 Å². The van der Waals surface area contributed by atoms with E-state index in [9.17, 15) is 17.9 Å². The minimum absolute atomic E-state index is 0.128. The first-order valence-electron chi connectivity index (χ1n) is 7.24. The Bertz CT molecular complexity index is 675. The number of aromatic hydroxyl groups is 1. The summed E-state index contributed by atoms with van der Waals surface area (Å²) in [6, 6.07) is 1.52. The molecule has 116 valence electrons. The van der Waals surface area contributed by atoms with Gasteiger partial charge in [0.15, 0.2) is 5.82 Å². The molecule has 21 heavy (non-hydrogen) atoms. The van der Waals surface area contributed by atoms with Crippen LogP contribution in [0.5, 0.6) is 5.75 Å². The van der Waals surface area contributed by atoms with E-state index >= 15 is 0 Å². The van der Waals surface area contributed by atoms with E-state index in [1.807, 2.05) is 0 Å². The smallest absolute Gasteiger partial charge is 0.301 e. The van der Waals surface area contributed by atoms with Gasteiger partial charge in [-0.25, -0.2) is 8.70 Å². The van der Waals surface area contributed by atoms with Gasteiger partial charge in [0.05, 0.1) is 0 Å². The van der Waals surface area contributed by atoms with Crippen LogP contribution >= 0.6 is 0 Å². The van der Waals surface area contributed by atoms with Gasteiger partial charge in [0, 0.05) is 13.1 Å². The summed E-state index contributed by atoms with van der Waals surface area (Å²) in [7, 11) is -3.75. The molecule has 1 aromatic rings. The molecule has 1 unspecified atom stereocenters. The van der Waals surface area contributed by atoms with Crippen molar-refractivity contribution in [2.45, 2.75) is 32.6 Å². The summed E-state index contributed by atoms with van der Waals surface area (Å²) in [5.74, 6) is -0.471. The molecule has 0 radical (unpaired) electrons. The van der Waals surface area contributed by atoms with E-state index in [2.05, 4.69) is 11.6 Å². The second-order valence-corrected chi connectivity index (χ2v) is 7.36. The van der Waals surface area contributed by atoms with E-state index < -0.39 is 16.0 Å². The number of benzene rings is 1. The maximum atomic E-state index is 14.8. The van der Waals surface area contributed by atoms with Crippen molar-refractivity contribution in [1.82, 2.24) is 4.72 Å². The lowest BCUT2D eigenvalue weighted by molar-refractivity contribution is 0.422. The highest BCUT2D eigenvalue weighted by molar-refractivity contribution is 7.91. The summed E-state index contributed by atoms with van der Waals surface area (Å²) >= 11 is 0. The van der Waals surface area contributed by atoms with Gasteiger partial charge < -0.3 is 5.11 Å². The van der Waals surface area contributed by atoms with Crippen molar-refractivity contribution in [3.05, 3.63) is 23.0 Å². The van der Waals surface area contributed by atoms with Crippen molar-refractivity contribution in [3.8, 4) is 5.75 Å². The second kappa shape index (κ2) is 5.14. The average Bonchev–Trinajstić information content (AvgIpc) is 2.78. The van der Waals surface area contributed by atoms with Crippen LogP contribution in [0.2, 0.25) is 0 Å². The van der Waals surface area contributed by atoms with Gasteiger partial charge in [-0.1, -0.05) is 13.3 Å². The highest BCUT2D eigenvalue weighted by atomic mass is 32.2. The molecule has 1 aliphatic carbocycles. The lowest BCUT2D eigenvalue weighted by Gasteiger charge is -2.27. The molecular weight excluding hydrogens is 295 g/mol. The third-order valence-electron chi connectivity index (χ3n) is 4.45. The van der Waals surface area contributed by atoms with Gasteiger partial charge in [-0.3, -0.25) is 0 Å². The van der Waals surface area contributed by atoms with E-state index in [0.717, 1.165) is 29.1 Å². The average molecular weight is 314 g/mol. The molecule has 1 atom stereocenters. The molecule has 2 N–H and O–H groups in total. The Labute approximate surface area is 124 Å². The number of fused-ring (bicyclic) bond motifs is 1. The Kier molecular flexibility index (Phi) is 3.57. The molecule has 7 heteroatoms.